The summed E-state index contributed by atoms with van der Waals surface area (Å²) in [6, 6.07) is 0. The van der Waals surface area contributed by atoms with Gasteiger partial charge in [-0.2, -0.15) is 10.2 Å². The molecule has 2 aromatic heterocycles. The van der Waals surface area contributed by atoms with E-state index in [4.69, 9.17) is 0 Å². The molecular weight excluding hydrogens is 228 g/mol. The largest absolute Gasteiger partial charge is 0.298 e. The fourth-order valence-corrected chi connectivity index (χ4v) is 2.03. The predicted molar refractivity (Wildman–Crippen MR) is 68.3 cm³/mol. The number of rotatable bonds is 4. The molecule has 0 aliphatic carbocycles. The molecule has 0 aromatic carbocycles. The molecule has 0 bridgehead atoms. The number of aryl methyl sites for hydroxylation is 2. The Bertz CT molecular complexity index is 507. The van der Waals surface area contributed by atoms with Gasteiger partial charge in [0.25, 0.3) is 0 Å². The van der Waals surface area contributed by atoms with Gasteiger partial charge in [-0.3, -0.25) is 14.2 Å². The van der Waals surface area contributed by atoms with Crippen LogP contribution in [0.5, 0.6) is 0 Å². The number of carbonyl (C=O) groups excluding carboxylic acids is 1. The second kappa shape index (κ2) is 4.76. The van der Waals surface area contributed by atoms with E-state index in [9.17, 15) is 4.79 Å². The Morgan fingerprint density at radius 1 is 1.00 bits per heavy atom. The summed E-state index contributed by atoms with van der Waals surface area (Å²) in [5.41, 5.74) is 1.91. The molecule has 5 heteroatoms. The molecule has 18 heavy (non-hydrogen) atoms. The molecule has 96 valence electrons. The third-order valence-electron chi connectivity index (χ3n) is 3.30. The minimum absolute atomic E-state index is 0.145. The quantitative estimate of drug-likeness (QED) is 0.824. The molecule has 0 aliphatic heterocycles. The van der Waals surface area contributed by atoms with Crippen molar-refractivity contribution >= 4 is 5.78 Å². The molecule has 0 saturated heterocycles. The zero-order valence-corrected chi connectivity index (χ0v) is 11.2. The van der Waals surface area contributed by atoms with Crippen LogP contribution < -0.4 is 0 Å². The molecule has 2 atom stereocenters. The van der Waals surface area contributed by atoms with Crippen molar-refractivity contribution in [2.24, 2.45) is 14.1 Å². The van der Waals surface area contributed by atoms with Gasteiger partial charge in [-0.25, -0.2) is 0 Å². The number of hydrogen-bond acceptors (Lipinski definition) is 3. The number of Topliss-reactive ketones (excluding diaryl/α,β-unsaturated/α-hetero) is 1. The Hall–Kier alpha value is -1.91. The van der Waals surface area contributed by atoms with E-state index >= 15 is 0 Å². The minimum Gasteiger partial charge on any atom is -0.298 e. The first-order chi connectivity index (χ1) is 8.49. The van der Waals surface area contributed by atoms with Crippen LogP contribution in [-0.4, -0.2) is 25.3 Å². The van der Waals surface area contributed by atoms with Gasteiger partial charge in [0.05, 0.1) is 12.4 Å². The fourth-order valence-electron chi connectivity index (χ4n) is 2.03. The summed E-state index contributed by atoms with van der Waals surface area (Å²) >= 11 is 0. The predicted octanol–water partition coefficient (Wildman–Crippen LogP) is 1.63. The van der Waals surface area contributed by atoms with Crippen molar-refractivity contribution < 1.29 is 4.79 Å². The van der Waals surface area contributed by atoms with Gasteiger partial charge < -0.3 is 0 Å². The smallest absolute Gasteiger partial charge is 0.147 e. The van der Waals surface area contributed by atoms with Crippen molar-refractivity contribution in [2.75, 3.05) is 0 Å². The normalized spacial score (nSPS) is 14.4. The van der Waals surface area contributed by atoms with Gasteiger partial charge in [-0.05, 0) is 0 Å². The van der Waals surface area contributed by atoms with Gasteiger partial charge in [-0.15, -0.1) is 0 Å². The van der Waals surface area contributed by atoms with Gasteiger partial charge in [0.1, 0.15) is 5.78 Å². The lowest BCUT2D eigenvalue weighted by Crippen LogP contribution is -2.15. The van der Waals surface area contributed by atoms with Gasteiger partial charge in [0.2, 0.25) is 0 Å². The van der Waals surface area contributed by atoms with Crippen molar-refractivity contribution in [1.29, 1.82) is 0 Å². The fraction of sp³-hybridized carbons (Fsp3) is 0.462. The van der Waals surface area contributed by atoms with E-state index in [2.05, 4.69) is 10.2 Å². The van der Waals surface area contributed by atoms with Crippen LogP contribution in [0.2, 0.25) is 0 Å². The van der Waals surface area contributed by atoms with Gasteiger partial charge in [-0.1, -0.05) is 13.8 Å². The SMILES string of the molecule is CC(C(=O)C(C)c1cnn(C)c1)c1cnn(C)c1. The van der Waals surface area contributed by atoms with Crippen LogP contribution in [-0.2, 0) is 18.9 Å². The average Bonchev–Trinajstić information content (AvgIpc) is 2.95. The van der Waals surface area contributed by atoms with Crippen molar-refractivity contribution in [3.63, 3.8) is 0 Å². The molecule has 2 unspecified atom stereocenters. The highest BCUT2D eigenvalue weighted by atomic mass is 16.1. The van der Waals surface area contributed by atoms with Crippen LogP contribution in [0.1, 0.15) is 36.8 Å². The van der Waals surface area contributed by atoms with Gasteiger partial charge in [0.15, 0.2) is 0 Å². The monoisotopic (exact) mass is 246 g/mol. The molecule has 5 nitrogen and oxygen atoms in total. The lowest BCUT2D eigenvalue weighted by Gasteiger charge is -2.13. The zero-order chi connectivity index (χ0) is 13.3. The van der Waals surface area contributed by atoms with E-state index < -0.39 is 0 Å². The summed E-state index contributed by atoms with van der Waals surface area (Å²) in [4.78, 5) is 12.4. The summed E-state index contributed by atoms with van der Waals surface area (Å²) in [7, 11) is 3.70. The topological polar surface area (TPSA) is 52.7 Å². The number of nitrogens with zero attached hydrogens (tertiary/aromatic N) is 4. The van der Waals surface area contributed by atoms with Crippen LogP contribution >= 0.6 is 0 Å². The highest BCUT2D eigenvalue weighted by Crippen LogP contribution is 2.25. The number of carbonyl (C=O) groups is 1. The number of hydrogen-bond donors (Lipinski definition) is 0. The summed E-state index contributed by atoms with van der Waals surface area (Å²) in [6.45, 7) is 3.85. The number of aromatic nitrogens is 4. The first-order valence-corrected chi connectivity index (χ1v) is 6.00. The molecule has 2 aromatic rings. The van der Waals surface area contributed by atoms with E-state index in [1.165, 1.54) is 0 Å². The third kappa shape index (κ3) is 2.34. The van der Waals surface area contributed by atoms with Gasteiger partial charge in [0, 0.05) is 49.5 Å². The number of ketones is 1. The molecule has 0 radical (unpaired) electrons. The standard InChI is InChI=1S/C13H18N4O/c1-9(11-5-14-16(3)7-11)13(18)10(2)12-6-15-17(4)8-12/h5-10H,1-4H3. The summed E-state index contributed by atoms with van der Waals surface area (Å²) in [5, 5.41) is 8.21. The molecule has 0 N–H and O–H groups in total. The maximum Gasteiger partial charge on any atom is 0.147 e. The van der Waals surface area contributed by atoms with Crippen LogP contribution in [0.3, 0.4) is 0 Å². The molecule has 2 rings (SSSR count). The van der Waals surface area contributed by atoms with E-state index in [1.807, 2.05) is 40.3 Å². The second-order valence-electron chi connectivity index (χ2n) is 4.74. The van der Waals surface area contributed by atoms with E-state index in [1.54, 1.807) is 21.8 Å². The first kappa shape index (κ1) is 12.5. The Kier molecular flexibility index (Phi) is 3.32. The lowest BCUT2D eigenvalue weighted by atomic mass is 9.88. The highest BCUT2D eigenvalue weighted by Gasteiger charge is 2.24. The van der Waals surface area contributed by atoms with E-state index in [-0.39, 0.29) is 17.6 Å². The Balaban J connectivity index is 2.16. The van der Waals surface area contributed by atoms with Crippen molar-refractivity contribution in [3.8, 4) is 0 Å². The molecule has 0 fully saturated rings. The third-order valence-corrected chi connectivity index (χ3v) is 3.30. The molecule has 0 aliphatic rings. The van der Waals surface area contributed by atoms with Crippen LogP contribution in [0, 0.1) is 0 Å². The molecule has 0 spiro atoms. The molecular formula is C13H18N4O. The van der Waals surface area contributed by atoms with Crippen LogP contribution in [0.25, 0.3) is 0 Å². The maximum absolute atomic E-state index is 12.4. The van der Waals surface area contributed by atoms with Crippen molar-refractivity contribution in [2.45, 2.75) is 25.7 Å². The molecule has 0 saturated carbocycles. The summed E-state index contributed by atoms with van der Waals surface area (Å²) < 4.78 is 3.43. The van der Waals surface area contributed by atoms with Crippen molar-refractivity contribution in [1.82, 2.24) is 19.6 Å². The average molecular weight is 246 g/mol. The van der Waals surface area contributed by atoms with Gasteiger partial charge >= 0.3 is 0 Å². The maximum atomic E-state index is 12.4. The molecule has 0 amide bonds. The zero-order valence-electron chi connectivity index (χ0n) is 11.2. The van der Waals surface area contributed by atoms with E-state index in [0.29, 0.717) is 0 Å². The minimum atomic E-state index is -0.145. The first-order valence-electron chi connectivity index (χ1n) is 6.00. The Morgan fingerprint density at radius 2 is 1.39 bits per heavy atom. The van der Waals surface area contributed by atoms with Crippen LogP contribution in [0.4, 0.5) is 0 Å². The van der Waals surface area contributed by atoms with E-state index in [0.717, 1.165) is 11.1 Å². The lowest BCUT2D eigenvalue weighted by molar-refractivity contribution is -0.121. The highest BCUT2D eigenvalue weighted by molar-refractivity contribution is 5.90. The summed E-state index contributed by atoms with van der Waals surface area (Å²) in [6.07, 6.45) is 7.27. The summed E-state index contributed by atoms with van der Waals surface area (Å²) in [5.74, 6) is -0.0983. The van der Waals surface area contributed by atoms with Crippen LogP contribution in [0.15, 0.2) is 24.8 Å². The van der Waals surface area contributed by atoms with Crippen molar-refractivity contribution in [3.05, 3.63) is 35.9 Å². The second-order valence-corrected chi connectivity index (χ2v) is 4.74. The Labute approximate surface area is 106 Å². The Morgan fingerprint density at radius 3 is 1.67 bits per heavy atom. The molecule has 2 heterocycles.